The average Bonchev–Trinajstić information content (AvgIpc) is 3.27. The molecule has 8 nitrogen and oxygen atoms in total. The van der Waals surface area contributed by atoms with E-state index < -0.39 is 0 Å². The Labute approximate surface area is 198 Å². The van der Waals surface area contributed by atoms with Crippen LogP contribution in [0.5, 0.6) is 0 Å². The van der Waals surface area contributed by atoms with Crippen molar-refractivity contribution in [2.75, 3.05) is 52.4 Å². The molecule has 0 spiro atoms. The first-order chi connectivity index (χ1) is 16.0. The Kier molecular flexibility index (Phi) is 7.35. The summed E-state index contributed by atoms with van der Waals surface area (Å²) in [5.41, 5.74) is 0.513. The highest BCUT2D eigenvalue weighted by molar-refractivity contribution is 6.33. The number of nitrogens with zero attached hydrogens (tertiary/aromatic N) is 4. The van der Waals surface area contributed by atoms with Crippen molar-refractivity contribution in [3.8, 4) is 0 Å². The quantitative estimate of drug-likeness (QED) is 0.683. The van der Waals surface area contributed by atoms with Crippen LogP contribution in [0.4, 0.5) is 0 Å². The van der Waals surface area contributed by atoms with E-state index in [4.69, 9.17) is 16.0 Å². The van der Waals surface area contributed by atoms with Gasteiger partial charge in [0.15, 0.2) is 5.76 Å². The van der Waals surface area contributed by atoms with Crippen LogP contribution in [0.3, 0.4) is 0 Å². The van der Waals surface area contributed by atoms with Crippen molar-refractivity contribution < 1.29 is 18.8 Å². The summed E-state index contributed by atoms with van der Waals surface area (Å²) in [6.07, 6.45) is 2.28. The molecule has 0 radical (unpaired) electrons. The minimum atomic E-state index is -0.285. The molecule has 9 heteroatoms. The second-order valence-electron chi connectivity index (χ2n) is 8.43. The van der Waals surface area contributed by atoms with Crippen molar-refractivity contribution in [3.63, 3.8) is 0 Å². The number of hydrogen-bond donors (Lipinski definition) is 0. The number of amides is 3. The number of furan rings is 1. The summed E-state index contributed by atoms with van der Waals surface area (Å²) in [5, 5.41) is 0.455. The predicted octanol–water partition coefficient (Wildman–Crippen LogP) is 2.45. The van der Waals surface area contributed by atoms with Gasteiger partial charge in [0.25, 0.3) is 11.8 Å². The standard InChI is InChI=1S/C24H29ClN4O4/c1-18(22(30)28-13-15-29(16-14-28)24(32)21-8-4-17-33-21)26-9-5-10-27(12-11-26)23(31)19-6-2-3-7-20(19)25/h2-4,6-8,17-18H,5,9-16H2,1H3. The monoisotopic (exact) mass is 472 g/mol. The molecule has 1 aromatic carbocycles. The fourth-order valence-corrected chi connectivity index (χ4v) is 4.66. The van der Waals surface area contributed by atoms with Gasteiger partial charge < -0.3 is 19.1 Å². The number of piperazine rings is 1. The zero-order chi connectivity index (χ0) is 23.4. The molecule has 3 amide bonds. The molecule has 0 N–H and O–H groups in total. The van der Waals surface area contributed by atoms with Gasteiger partial charge in [-0.2, -0.15) is 0 Å². The normalized spacial score (nSPS) is 18.7. The van der Waals surface area contributed by atoms with Crippen LogP contribution < -0.4 is 0 Å². The van der Waals surface area contributed by atoms with Crippen LogP contribution in [0.25, 0.3) is 0 Å². The van der Waals surface area contributed by atoms with Crippen LogP contribution in [0, 0.1) is 0 Å². The lowest BCUT2D eigenvalue weighted by Crippen LogP contribution is -2.55. The summed E-state index contributed by atoms with van der Waals surface area (Å²) in [6.45, 7) is 6.45. The molecule has 0 aliphatic carbocycles. The van der Waals surface area contributed by atoms with Crippen molar-refractivity contribution >= 4 is 29.3 Å². The first-order valence-corrected chi connectivity index (χ1v) is 11.7. The summed E-state index contributed by atoms with van der Waals surface area (Å²) in [4.78, 5) is 46.0. The molecule has 176 valence electrons. The molecule has 3 heterocycles. The van der Waals surface area contributed by atoms with Gasteiger partial charge in [0, 0.05) is 52.4 Å². The Morgan fingerprint density at radius 2 is 1.48 bits per heavy atom. The number of carbonyl (C=O) groups is 3. The largest absolute Gasteiger partial charge is 0.459 e. The van der Waals surface area contributed by atoms with Gasteiger partial charge in [0.1, 0.15) is 0 Å². The maximum absolute atomic E-state index is 13.2. The van der Waals surface area contributed by atoms with Crippen LogP contribution in [0.2, 0.25) is 5.02 Å². The molecule has 2 saturated heterocycles. The zero-order valence-electron chi connectivity index (χ0n) is 18.8. The van der Waals surface area contributed by atoms with Crippen LogP contribution in [0.15, 0.2) is 47.1 Å². The molecule has 2 fully saturated rings. The van der Waals surface area contributed by atoms with Crippen LogP contribution in [-0.2, 0) is 4.79 Å². The Balaban J connectivity index is 1.30. The first kappa shape index (κ1) is 23.3. The molecule has 1 unspecified atom stereocenters. The molecule has 0 saturated carbocycles. The number of benzene rings is 1. The average molecular weight is 473 g/mol. The van der Waals surface area contributed by atoms with E-state index in [-0.39, 0.29) is 23.8 Å². The topological polar surface area (TPSA) is 77.3 Å². The minimum absolute atomic E-state index is 0.0611. The maximum Gasteiger partial charge on any atom is 0.289 e. The van der Waals surface area contributed by atoms with Gasteiger partial charge in [0.05, 0.1) is 22.9 Å². The maximum atomic E-state index is 13.2. The highest BCUT2D eigenvalue weighted by Crippen LogP contribution is 2.19. The van der Waals surface area contributed by atoms with E-state index in [0.717, 1.165) is 13.0 Å². The lowest BCUT2D eigenvalue weighted by Gasteiger charge is -2.37. The van der Waals surface area contributed by atoms with Crippen LogP contribution in [-0.4, -0.2) is 95.7 Å². The van der Waals surface area contributed by atoms with E-state index in [1.807, 2.05) is 28.9 Å². The first-order valence-electron chi connectivity index (χ1n) is 11.3. The lowest BCUT2D eigenvalue weighted by atomic mass is 10.2. The Bertz CT molecular complexity index is 988. The molecular weight excluding hydrogens is 444 g/mol. The third kappa shape index (κ3) is 5.23. The smallest absolute Gasteiger partial charge is 0.289 e. The van der Waals surface area contributed by atoms with Crippen molar-refractivity contribution in [1.29, 1.82) is 0 Å². The lowest BCUT2D eigenvalue weighted by molar-refractivity contribution is -0.137. The third-order valence-electron chi connectivity index (χ3n) is 6.44. The molecule has 1 aromatic heterocycles. The summed E-state index contributed by atoms with van der Waals surface area (Å²) >= 11 is 6.21. The van der Waals surface area contributed by atoms with E-state index in [9.17, 15) is 14.4 Å². The van der Waals surface area contributed by atoms with Gasteiger partial charge in [-0.25, -0.2) is 0 Å². The van der Waals surface area contributed by atoms with Gasteiger partial charge in [0.2, 0.25) is 5.91 Å². The number of hydrogen-bond acceptors (Lipinski definition) is 5. The number of rotatable bonds is 4. The van der Waals surface area contributed by atoms with Crippen LogP contribution >= 0.6 is 11.6 Å². The Morgan fingerprint density at radius 1 is 0.818 bits per heavy atom. The number of carbonyl (C=O) groups excluding carboxylic acids is 3. The molecule has 2 aliphatic rings. The van der Waals surface area contributed by atoms with Gasteiger partial charge in [-0.3, -0.25) is 19.3 Å². The molecule has 0 bridgehead atoms. The van der Waals surface area contributed by atoms with E-state index >= 15 is 0 Å². The van der Waals surface area contributed by atoms with Crippen molar-refractivity contribution in [1.82, 2.24) is 19.6 Å². The second kappa shape index (κ2) is 10.4. The molecule has 2 aliphatic heterocycles. The van der Waals surface area contributed by atoms with E-state index in [0.29, 0.717) is 62.2 Å². The number of halogens is 1. The summed E-state index contributed by atoms with van der Waals surface area (Å²) in [6, 6.07) is 10.2. The van der Waals surface area contributed by atoms with Gasteiger partial charge >= 0.3 is 0 Å². The Morgan fingerprint density at radius 3 is 2.18 bits per heavy atom. The van der Waals surface area contributed by atoms with Gasteiger partial charge in [-0.1, -0.05) is 23.7 Å². The van der Waals surface area contributed by atoms with Gasteiger partial charge in [-0.15, -0.1) is 0 Å². The van der Waals surface area contributed by atoms with Crippen LogP contribution in [0.1, 0.15) is 34.3 Å². The summed E-state index contributed by atoms with van der Waals surface area (Å²) in [5.74, 6) is 0.171. The van der Waals surface area contributed by atoms with Crippen molar-refractivity contribution in [2.24, 2.45) is 0 Å². The Hall–Kier alpha value is -2.84. The SMILES string of the molecule is CC(C(=O)N1CCN(C(=O)c2ccco2)CC1)N1CCCN(C(=O)c2ccccc2Cl)CC1. The zero-order valence-corrected chi connectivity index (χ0v) is 19.5. The molecule has 1 atom stereocenters. The van der Waals surface area contributed by atoms with Gasteiger partial charge in [-0.05, 0) is 37.6 Å². The van der Waals surface area contributed by atoms with Crippen molar-refractivity contribution in [3.05, 3.63) is 59.0 Å². The molecule has 33 heavy (non-hydrogen) atoms. The summed E-state index contributed by atoms with van der Waals surface area (Å²) < 4.78 is 5.20. The highest BCUT2D eigenvalue weighted by Gasteiger charge is 2.32. The van der Waals surface area contributed by atoms with E-state index in [1.54, 1.807) is 29.2 Å². The highest BCUT2D eigenvalue weighted by atomic mass is 35.5. The fraction of sp³-hybridized carbons (Fsp3) is 0.458. The molecule has 2 aromatic rings. The molecule has 4 rings (SSSR count). The molecular formula is C24H29ClN4O4. The van der Waals surface area contributed by atoms with Crippen molar-refractivity contribution in [2.45, 2.75) is 19.4 Å². The third-order valence-corrected chi connectivity index (χ3v) is 6.77. The summed E-state index contributed by atoms with van der Waals surface area (Å²) in [7, 11) is 0. The van der Waals surface area contributed by atoms with E-state index in [1.165, 1.54) is 6.26 Å². The second-order valence-corrected chi connectivity index (χ2v) is 8.84. The fourth-order valence-electron chi connectivity index (χ4n) is 4.44. The predicted molar refractivity (Wildman–Crippen MR) is 124 cm³/mol. The minimum Gasteiger partial charge on any atom is -0.459 e. The van der Waals surface area contributed by atoms with E-state index in [2.05, 4.69) is 4.90 Å².